The number of aliphatic hydroxyl groups is 1. The highest BCUT2D eigenvalue weighted by molar-refractivity contribution is 9.10. The Balaban J connectivity index is 2.19. The van der Waals surface area contributed by atoms with Gasteiger partial charge in [0.25, 0.3) is 0 Å². The molecule has 0 radical (unpaired) electrons. The number of aliphatic hydroxyl groups excluding tert-OH is 1. The summed E-state index contributed by atoms with van der Waals surface area (Å²) >= 11 is 3.68. The van der Waals surface area contributed by atoms with E-state index in [4.69, 9.17) is 0 Å². The van der Waals surface area contributed by atoms with Crippen LogP contribution in [-0.2, 0) is 19.5 Å². The van der Waals surface area contributed by atoms with Crippen LogP contribution in [0.4, 0.5) is 0 Å². The maximum absolute atomic E-state index is 9.39. The predicted molar refractivity (Wildman–Crippen MR) is 75.5 cm³/mol. The van der Waals surface area contributed by atoms with Crippen LogP contribution in [0.2, 0.25) is 0 Å². The number of hydrogen-bond donors (Lipinski definition) is 1. The van der Waals surface area contributed by atoms with Crippen molar-refractivity contribution in [1.82, 2.24) is 14.7 Å². The van der Waals surface area contributed by atoms with E-state index in [1.54, 1.807) is 0 Å². The summed E-state index contributed by atoms with van der Waals surface area (Å²) < 4.78 is 3.23. The Bertz CT molecular complexity index is 405. The topological polar surface area (TPSA) is 41.3 Å². The van der Waals surface area contributed by atoms with Gasteiger partial charge < -0.3 is 5.11 Å². The van der Waals surface area contributed by atoms with Gasteiger partial charge in [-0.25, -0.2) is 0 Å². The Labute approximate surface area is 117 Å². The average molecular weight is 316 g/mol. The summed E-state index contributed by atoms with van der Waals surface area (Å²) in [4.78, 5) is 2.37. The minimum atomic E-state index is 0.262. The molecule has 2 rings (SSSR count). The lowest BCUT2D eigenvalue weighted by Crippen LogP contribution is -2.32. The highest BCUT2D eigenvalue weighted by Crippen LogP contribution is 2.26. The van der Waals surface area contributed by atoms with Crippen molar-refractivity contribution in [3.8, 4) is 0 Å². The molecule has 1 aliphatic rings. The van der Waals surface area contributed by atoms with Gasteiger partial charge in [-0.2, -0.15) is 5.10 Å². The molecule has 1 atom stereocenters. The number of halogens is 1. The number of rotatable bonds is 5. The lowest BCUT2D eigenvalue weighted by Gasteiger charge is -2.23. The summed E-state index contributed by atoms with van der Waals surface area (Å²) in [5.41, 5.74) is 2.38. The molecule has 102 valence electrons. The smallest absolute Gasteiger partial charge is 0.0767 e. The number of aryl methyl sites for hydroxylation is 2. The Morgan fingerprint density at radius 2 is 2.22 bits per heavy atom. The van der Waals surface area contributed by atoms with Crippen molar-refractivity contribution < 1.29 is 5.11 Å². The molecular weight excluding hydrogens is 294 g/mol. The average Bonchev–Trinajstić information content (AvgIpc) is 2.95. The van der Waals surface area contributed by atoms with Gasteiger partial charge in [-0.3, -0.25) is 9.58 Å². The van der Waals surface area contributed by atoms with Crippen molar-refractivity contribution in [1.29, 1.82) is 0 Å². The number of aromatic nitrogens is 2. The minimum Gasteiger partial charge on any atom is -0.395 e. The summed E-state index contributed by atoms with van der Waals surface area (Å²) in [7, 11) is 0. The van der Waals surface area contributed by atoms with Crippen molar-refractivity contribution in [3.05, 3.63) is 15.9 Å². The molecule has 1 fully saturated rings. The van der Waals surface area contributed by atoms with Gasteiger partial charge in [0.15, 0.2) is 0 Å². The fraction of sp³-hybridized carbons (Fsp3) is 0.769. The van der Waals surface area contributed by atoms with Gasteiger partial charge in [-0.05, 0) is 48.7 Å². The van der Waals surface area contributed by atoms with Crippen LogP contribution in [0.1, 0.15) is 38.1 Å². The van der Waals surface area contributed by atoms with Crippen LogP contribution in [0.3, 0.4) is 0 Å². The molecule has 1 aliphatic heterocycles. The van der Waals surface area contributed by atoms with E-state index in [0.717, 1.165) is 42.6 Å². The van der Waals surface area contributed by atoms with Gasteiger partial charge in [0, 0.05) is 19.1 Å². The maximum Gasteiger partial charge on any atom is 0.0767 e. The van der Waals surface area contributed by atoms with Crippen LogP contribution in [-0.4, -0.2) is 39.0 Å². The summed E-state index contributed by atoms with van der Waals surface area (Å²) in [6.45, 7) is 7.36. The van der Waals surface area contributed by atoms with Gasteiger partial charge in [-0.15, -0.1) is 0 Å². The third kappa shape index (κ3) is 2.63. The Morgan fingerprint density at radius 3 is 2.83 bits per heavy atom. The van der Waals surface area contributed by atoms with Gasteiger partial charge in [0.1, 0.15) is 0 Å². The molecule has 0 amide bonds. The summed E-state index contributed by atoms with van der Waals surface area (Å²) in [6.07, 6.45) is 3.24. The van der Waals surface area contributed by atoms with Gasteiger partial charge in [0.2, 0.25) is 0 Å². The molecule has 0 aliphatic carbocycles. The standard InChI is InChI=1S/C13H22BrN3O/c1-3-11-13(14)12(17(4-2)15-11)8-16-7-5-6-10(16)9-18/h10,18H,3-9H2,1-2H3/t10-/m1/s1. The van der Waals surface area contributed by atoms with E-state index in [-0.39, 0.29) is 6.61 Å². The monoisotopic (exact) mass is 315 g/mol. The van der Waals surface area contributed by atoms with Crippen LogP contribution in [0.25, 0.3) is 0 Å². The van der Waals surface area contributed by atoms with E-state index in [1.807, 2.05) is 0 Å². The lowest BCUT2D eigenvalue weighted by atomic mass is 10.2. The third-order valence-corrected chi connectivity index (χ3v) is 4.67. The number of likely N-dealkylation sites (tertiary alicyclic amines) is 1. The zero-order chi connectivity index (χ0) is 13.1. The zero-order valence-electron chi connectivity index (χ0n) is 11.2. The molecule has 1 N–H and O–H groups in total. The molecular formula is C13H22BrN3O. The summed E-state index contributed by atoms with van der Waals surface area (Å²) in [5.74, 6) is 0. The van der Waals surface area contributed by atoms with E-state index in [2.05, 4.69) is 44.5 Å². The van der Waals surface area contributed by atoms with E-state index in [0.29, 0.717) is 6.04 Å². The summed E-state index contributed by atoms with van der Waals surface area (Å²) in [6, 6.07) is 0.321. The van der Waals surface area contributed by atoms with Crippen LogP contribution < -0.4 is 0 Å². The van der Waals surface area contributed by atoms with Crippen molar-refractivity contribution in [2.75, 3.05) is 13.2 Å². The fourth-order valence-corrected chi connectivity index (χ4v) is 3.36. The van der Waals surface area contributed by atoms with Crippen molar-refractivity contribution in [3.63, 3.8) is 0 Å². The van der Waals surface area contributed by atoms with Crippen molar-refractivity contribution in [2.24, 2.45) is 0 Å². The first kappa shape index (κ1) is 14.0. The molecule has 1 aromatic rings. The van der Waals surface area contributed by atoms with Crippen LogP contribution in [0, 0.1) is 0 Å². The Kier molecular flexibility index (Phi) is 4.81. The molecule has 18 heavy (non-hydrogen) atoms. The van der Waals surface area contributed by atoms with Crippen molar-refractivity contribution >= 4 is 15.9 Å². The van der Waals surface area contributed by atoms with E-state index in [9.17, 15) is 5.11 Å². The van der Waals surface area contributed by atoms with Gasteiger partial charge in [-0.1, -0.05) is 6.92 Å². The molecule has 0 saturated carbocycles. The first-order chi connectivity index (χ1) is 8.71. The first-order valence-corrected chi connectivity index (χ1v) is 7.59. The molecule has 0 bridgehead atoms. The highest BCUT2D eigenvalue weighted by Gasteiger charge is 2.26. The van der Waals surface area contributed by atoms with Crippen LogP contribution in [0.15, 0.2) is 4.47 Å². The second-order valence-electron chi connectivity index (χ2n) is 4.83. The van der Waals surface area contributed by atoms with Crippen LogP contribution >= 0.6 is 15.9 Å². The predicted octanol–water partition coefficient (Wildman–Crippen LogP) is 2.18. The van der Waals surface area contributed by atoms with Crippen molar-refractivity contribution in [2.45, 2.75) is 52.2 Å². The number of hydrogen-bond acceptors (Lipinski definition) is 3. The molecule has 1 aromatic heterocycles. The van der Waals surface area contributed by atoms with Gasteiger partial charge >= 0.3 is 0 Å². The lowest BCUT2D eigenvalue weighted by molar-refractivity contribution is 0.150. The highest BCUT2D eigenvalue weighted by atomic mass is 79.9. The molecule has 0 unspecified atom stereocenters. The van der Waals surface area contributed by atoms with E-state index in [1.165, 1.54) is 12.1 Å². The Morgan fingerprint density at radius 1 is 1.44 bits per heavy atom. The fourth-order valence-electron chi connectivity index (χ4n) is 2.67. The molecule has 0 spiro atoms. The first-order valence-electron chi connectivity index (χ1n) is 6.80. The Hall–Kier alpha value is -0.390. The van der Waals surface area contributed by atoms with Crippen LogP contribution in [0.5, 0.6) is 0 Å². The normalized spacial score (nSPS) is 20.8. The summed E-state index contributed by atoms with van der Waals surface area (Å²) in [5, 5.41) is 14.0. The molecule has 2 heterocycles. The quantitative estimate of drug-likeness (QED) is 0.905. The SMILES string of the molecule is CCc1nn(CC)c(CN2CCC[C@@H]2CO)c1Br. The molecule has 5 heteroatoms. The second-order valence-corrected chi connectivity index (χ2v) is 5.62. The minimum absolute atomic E-state index is 0.262. The molecule has 0 aromatic carbocycles. The molecule has 4 nitrogen and oxygen atoms in total. The maximum atomic E-state index is 9.39. The van der Waals surface area contributed by atoms with E-state index >= 15 is 0 Å². The third-order valence-electron chi connectivity index (χ3n) is 3.76. The van der Waals surface area contributed by atoms with E-state index < -0.39 is 0 Å². The second kappa shape index (κ2) is 6.17. The number of nitrogens with zero attached hydrogens (tertiary/aromatic N) is 3. The largest absolute Gasteiger partial charge is 0.395 e. The molecule has 1 saturated heterocycles. The zero-order valence-corrected chi connectivity index (χ0v) is 12.8. The van der Waals surface area contributed by atoms with Gasteiger partial charge in [0.05, 0.1) is 22.5 Å².